The van der Waals surface area contributed by atoms with Crippen LogP contribution < -0.4 is 20.3 Å². The molecule has 0 aliphatic carbocycles. The Kier molecular flexibility index (Phi) is 7.76. The van der Waals surface area contributed by atoms with Gasteiger partial charge in [-0.05, 0) is 55.8 Å². The first-order chi connectivity index (χ1) is 12.6. The molecule has 0 radical (unpaired) electrons. The van der Waals surface area contributed by atoms with Gasteiger partial charge in [0.2, 0.25) is 5.91 Å². The van der Waals surface area contributed by atoms with E-state index in [4.69, 9.17) is 21.1 Å². The Balaban J connectivity index is 1.63. The predicted octanol–water partition coefficient (Wildman–Crippen LogP) is 3.36. The molecule has 2 aromatic rings. The van der Waals surface area contributed by atoms with Gasteiger partial charge in [-0.1, -0.05) is 17.7 Å². The van der Waals surface area contributed by atoms with Crippen molar-refractivity contribution in [3.05, 3.63) is 59.1 Å². The van der Waals surface area contributed by atoms with Crippen LogP contribution in [0.4, 0.5) is 0 Å². The molecule has 2 amide bonds. The zero-order valence-corrected chi connectivity index (χ0v) is 15.2. The van der Waals surface area contributed by atoms with E-state index in [1.807, 2.05) is 31.2 Å². The first kappa shape index (κ1) is 19.6. The van der Waals surface area contributed by atoms with E-state index in [1.165, 1.54) is 6.07 Å². The highest BCUT2D eigenvalue weighted by atomic mass is 35.5. The number of carbonyl (C=O) groups excluding carboxylic acids is 2. The molecule has 0 saturated heterocycles. The van der Waals surface area contributed by atoms with Crippen molar-refractivity contribution in [2.45, 2.75) is 19.8 Å². The fourth-order valence-electron chi connectivity index (χ4n) is 2.11. The maximum atomic E-state index is 11.9. The van der Waals surface area contributed by atoms with E-state index >= 15 is 0 Å². The monoisotopic (exact) mass is 376 g/mol. The molecule has 6 nitrogen and oxygen atoms in total. The molecular weight excluding hydrogens is 356 g/mol. The number of halogens is 1. The summed E-state index contributed by atoms with van der Waals surface area (Å²) in [6.07, 6.45) is 0.749. The summed E-state index contributed by atoms with van der Waals surface area (Å²) in [5.41, 5.74) is 5.09. The lowest BCUT2D eigenvalue weighted by Crippen LogP contribution is -2.41. The van der Waals surface area contributed by atoms with Crippen LogP contribution in [0, 0.1) is 0 Å². The van der Waals surface area contributed by atoms with E-state index in [9.17, 15) is 9.59 Å². The summed E-state index contributed by atoms with van der Waals surface area (Å²) in [4.78, 5) is 23.6. The Morgan fingerprint density at radius 1 is 1.00 bits per heavy atom. The van der Waals surface area contributed by atoms with Crippen LogP contribution in [0.15, 0.2) is 48.5 Å². The van der Waals surface area contributed by atoms with Gasteiger partial charge in [-0.3, -0.25) is 20.4 Å². The van der Waals surface area contributed by atoms with Crippen LogP contribution in [-0.2, 0) is 4.79 Å². The maximum absolute atomic E-state index is 11.9. The van der Waals surface area contributed by atoms with Crippen molar-refractivity contribution in [3.8, 4) is 11.5 Å². The molecule has 2 rings (SSSR count). The average Bonchev–Trinajstić information content (AvgIpc) is 2.65. The summed E-state index contributed by atoms with van der Waals surface area (Å²) in [5.74, 6) is 0.778. The minimum Gasteiger partial charge on any atom is -0.494 e. The Hall–Kier alpha value is -2.73. The van der Waals surface area contributed by atoms with Crippen LogP contribution in [0.1, 0.15) is 30.1 Å². The maximum Gasteiger partial charge on any atom is 0.269 e. The van der Waals surface area contributed by atoms with Gasteiger partial charge in [0.15, 0.2) is 0 Å². The van der Waals surface area contributed by atoms with Crippen LogP contribution in [0.2, 0.25) is 5.02 Å². The summed E-state index contributed by atoms with van der Waals surface area (Å²) in [5, 5.41) is 0.454. The minimum absolute atomic E-state index is 0.229. The molecule has 0 fully saturated rings. The summed E-state index contributed by atoms with van der Waals surface area (Å²) >= 11 is 5.82. The zero-order valence-electron chi connectivity index (χ0n) is 14.5. The van der Waals surface area contributed by atoms with Crippen molar-refractivity contribution in [1.82, 2.24) is 10.9 Å². The Morgan fingerprint density at radius 3 is 2.35 bits per heavy atom. The molecule has 0 bridgehead atoms. The topological polar surface area (TPSA) is 76.7 Å². The molecule has 0 saturated carbocycles. The summed E-state index contributed by atoms with van der Waals surface area (Å²) in [6, 6.07) is 13.8. The van der Waals surface area contributed by atoms with Gasteiger partial charge in [0, 0.05) is 17.0 Å². The summed E-state index contributed by atoms with van der Waals surface area (Å²) in [7, 11) is 0. The average molecular weight is 377 g/mol. The molecule has 0 unspecified atom stereocenters. The van der Waals surface area contributed by atoms with Gasteiger partial charge < -0.3 is 9.47 Å². The molecule has 0 heterocycles. The van der Waals surface area contributed by atoms with Crippen molar-refractivity contribution in [1.29, 1.82) is 0 Å². The van der Waals surface area contributed by atoms with Gasteiger partial charge in [-0.2, -0.15) is 0 Å². The second-order valence-corrected chi connectivity index (χ2v) is 5.81. The Morgan fingerprint density at radius 2 is 1.69 bits per heavy atom. The van der Waals surface area contributed by atoms with Crippen LogP contribution in [0.25, 0.3) is 0 Å². The number of rotatable bonds is 8. The second kappa shape index (κ2) is 10.3. The molecule has 0 aliphatic rings. The van der Waals surface area contributed by atoms with Gasteiger partial charge in [-0.25, -0.2) is 0 Å². The standard InChI is InChI=1S/C19H21ClN2O4/c1-2-25-16-8-10-17(11-9-16)26-12-4-7-18(23)21-22-19(24)14-5-3-6-15(20)13-14/h3,5-6,8-11,13H,2,4,7,12H2,1H3,(H,21,23)(H,22,24). The molecule has 26 heavy (non-hydrogen) atoms. The smallest absolute Gasteiger partial charge is 0.269 e. The number of ether oxygens (including phenoxy) is 2. The van der Waals surface area contributed by atoms with Crippen LogP contribution in [0.5, 0.6) is 11.5 Å². The van der Waals surface area contributed by atoms with E-state index in [0.717, 1.165) is 5.75 Å². The third-order valence-corrected chi connectivity index (χ3v) is 3.59. The highest BCUT2D eigenvalue weighted by Gasteiger charge is 2.07. The lowest BCUT2D eigenvalue weighted by molar-refractivity contribution is -0.122. The molecule has 0 spiro atoms. The number of nitrogens with one attached hydrogen (secondary N) is 2. The molecular formula is C19H21ClN2O4. The van der Waals surface area contributed by atoms with Crippen LogP contribution in [0.3, 0.4) is 0 Å². The third-order valence-electron chi connectivity index (χ3n) is 3.35. The number of hydrogen-bond acceptors (Lipinski definition) is 4. The number of benzene rings is 2. The summed E-state index contributed by atoms with van der Waals surface area (Å²) < 4.78 is 10.9. The lowest BCUT2D eigenvalue weighted by atomic mass is 10.2. The molecule has 2 N–H and O–H groups in total. The molecule has 7 heteroatoms. The van der Waals surface area contributed by atoms with Gasteiger partial charge in [0.1, 0.15) is 11.5 Å². The van der Waals surface area contributed by atoms with Crippen molar-refractivity contribution in [2.24, 2.45) is 0 Å². The Bertz CT molecular complexity index is 735. The molecule has 0 aromatic heterocycles. The van der Waals surface area contributed by atoms with Crippen LogP contribution in [-0.4, -0.2) is 25.0 Å². The van der Waals surface area contributed by atoms with Gasteiger partial charge in [-0.15, -0.1) is 0 Å². The number of amides is 2. The largest absolute Gasteiger partial charge is 0.494 e. The van der Waals surface area contributed by atoms with Gasteiger partial charge in [0.05, 0.1) is 13.2 Å². The molecule has 138 valence electrons. The number of carbonyl (C=O) groups is 2. The minimum atomic E-state index is -0.425. The first-order valence-electron chi connectivity index (χ1n) is 8.29. The number of hydrogen-bond donors (Lipinski definition) is 2. The fraction of sp³-hybridized carbons (Fsp3) is 0.263. The first-order valence-corrected chi connectivity index (χ1v) is 8.66. The molecule has 0 aliphatic heterocycles. The van der Waals surface area contributed by atoms with Gasteiger partial charge in [0.25, 0.3) is 5.91 Å². The van der Waals surface area contributed by atoms with E-state index in [-0.39, 0.29) is 12.3 Å². The fourth-order valence-corrected chi connectivity index (χ4v) is 2.30. The van der Waals surface area contributed by atoms with Gasteiger partial charge >= 0.3 is 0 Å². The highest BCUT2D eigenvalue weighted by molar-refractivity contribution is 6.30. The van der Waals surface area contributed by atoms with E-state index in [1.54, 1.807) is 18.2 Å². The molecule has 0 atom stereocenters. The van der Waals surface area contributed by atoms with E-state index in [0.29, 0.717) is 36.0 Å². The normalized spacial score (nSPS) is 10.1. The second-order valence-electron chi connectivity index (χ2n) is 5.37. The summed E-state index contributed by atoms with van der Waals surface area (Å²) in [6.45, 7) is 2.93. The molecule has 2 aromatic carbocycles. The zero-order chi connectivity index (χ0) is 18.8. The van der Waals surface area contributed by atoms with E-state index in [2.05, 4.69) is 10.9 Å². The van der Waals surface area contributed by atoms with Crippen molar-refractivity contribution in [3.63, 3.8) is 0 Å². The third kappa shape index (κ3) is 6.64. The predicted molar refractivity (Wildman–Crippen MR) is 99.4 cm³/mol. The van der Waals surface area contributed by atoms with Crippen LogP contribution >= 0.6 is 11.6 Å². The lowest BCUT2D eigenvalue weighted by Gasteiger charge is -2.09. The number of hydrazine groups is 1. The van der Waals surface area contributed by atoms with Crippen molar-refractivity contribution in [2.75, 3.05) is 13.2 Å². The quantitative estimate of drug-likeness (QED) is 0.547. The van der Waals surface area contributed by atoms with Crippen molar-refractivity contribution < 1.29 is 19.1 Å². The SMILES string of the molecule is CCOc1ccc(OCCCC(=O)NNC(=O)c2cccc(Cl)c2)cc1. The van der Waals surface area contributed by atoms with Crippen molar-refractivity contribution >= 4 is 23.4 Å². The highest BCUT2D eigenvalue weighted by Crippen LogP contribution is 2.17. The van der Waals surface area contributed by atoms with E-state index < -0.39 is 5.91 Å². The Labute approximate surface area is 157 Å².